The molecule has 0 radical (unpaired) electrons. The summed E-state index contributed by atoms with van der Waals surface area (Å²) in [6.07, 6.45) is -70.1. The molecule has 40 atom stereocenters. The fourth-order valence-corrected chi connectivity index (χ4v) is 12.8. The molecule has 99 heavy (non-hydrogen) atoms. The van der Waals surface area contributed by atoms with Crippen LogP contribution in [0.15, 0.2) is 0 Å². The third-order valence-corrected chi connectivity index (χ3v) is 18.2. The normalized spacial score (nSPS) is 49.1. The van der Waals surface area contributed by atoms with Gasteiger partial charge in [-0.2, -0.15) is 0 Å². The molecule has 0 unspecified atom stereocenters. The molecule has 0 aromatic rings. The molecule has 8 fully saturated rings. The van der Waals surface area contributed by atoms with E-state index in [0.29, 0.717) is 0 Å². The van der Waals surface area contributed by atoms with E-state index in [2.05, 4.69) is 21.3 Å². The van der Waals surface area contributed by atoms with Crippen molar-refractivity contribution in [3.05, 3.63) is 0 Å². The number of aliphatic hydroxyl groups is 20. The highest BCUT2D eigenvalue weighted by Crippen LogP contribution is 2.40. The van der Waals surface area contributed by atoms with Gasteiger partial charge in [-0.25, -0.2) is 0 Å². The number of hydrogen-bond donors (Lipinski definition) is 24. The number of hydrogen-bond acceptors (Lipinski definition) is 39. The molecular formula is C56H94N4O39. The van der Waals surface area contributed by atoms with Gasteiger partial charge in [0, 0.05) is 27.7 Å². The minimum absolute atomic E-state index is 0.815. The highest BCUT2D eigenvalue weighted by molar-refractivity contribution is 5.74. The second-order valence-electron chi connectivity index (χ2n) is 25.3. The molecule has 0 aromatic heterocycles. The van der Waals surface area contributed by atoms with Gasteiger partial charge >= 0.3 is 0 Å². The van der Waals surface area contributed by atoms with Crippen molar-refractivity contribution in [3.63, 3.8) is 0 Å². The largest absolute Gasteiger partial charge is 0.394 e. The Balaban J connectivity index is 1.09. The summed E-state index contributed by atoms with van der Waals surface area (Å²) >= 11 is 0. The van der Waals surface area contributed by atoms with Gasteiger partial charge in [-0.15, -0.1) is 0 Å². The molecule has 43 heteroatoms. The molecule has 0 saturated carbocycles. The molecule has 8 rings (SSSR count). The van der Waals surface area contributed by atoms with Gasteiger partial charge in [-0.3, -0.25) is 19.2 Å². The lowest BCUT2D eigenvalue weighted by Gasteiger charge is -2.51. The molecule has 0 aliphatic carbocycles. The molecule has 24 N–H and O–H groups in total. The van der Waals surface area contributed by atoms with Crippen molar-refractivity contribution >= 4 is 23.6 Å². The van der Waals surface area contributed by atoms with Crippen LogP contribution in [0.25, 0.3) is 0 Å². The van der Waals surface area contributed by atoms with Crippen molar-refractivity contribution in [1.82, 2.24) is 21.3 Å². The average Bonchev–Trinajstić information content (AvgIpc) is 0.766. The zero-order chi connectivity index (χ0) is 73.1. The molecule has 43 nitrogen and oxygen atoms in total. The Bertz CT molecular complexity index is 2600. The fourth-order valence-electron chi connectivity index (χ4n) is 12.8. The Kier molecular flexibility index (Phi) is 28.7. The number of nitrogens with one attached hydrogen (secondary N) is 4. The zero-order valence-electron chi connectivity index (χ0n) is 54.0. The maximum Gasteiger partial charge on any atom is 0.217 e. The van der Waals surface area contributed by atoms with Crippen molar-refractivity contribution in [2.45, 2.75) is 287 Å². The van der Waals surface area contributed by atoms with E-state index in [0.717, 1.165) is 27.7 Å². The predicted octanol–water partition coefficient (Wildman–Crippen LogP) is -15.8. The number of rotatable bonds is 24. The lowest BCUT2D eigenvalue weighted by Crippen LogP contribution is -2.71. The molecule has 8 aliphatic rings. The predicted molar refractivity (Wildman–Crippen MR) is 308 cm³/mol. The first-order valence-corrected chi connectivity index (χ1v) is 31.8. The summed E-state index contributed by atoms with van der Waals surface area (Å²) in [5.41, 5.74) is 0. The van der Waals surface area contributed by atoms with Gasteiger partial charge in [0.2, 0.25) is 23.6 Å². The Morgan fingerprint density at radius 3 is 0.980 bits per heavy atom. The molecule has 8 heterocycles. The topological polar surface area (TPSA) is 659 Å². The van der Waals surface area contributed by atoms with Crippen molar-refractivity contribution in [1.29, 1.82) is 0 Å². The van der Waals surface area contributed by atoms with Crippen molar-refractivity contribution in [2.24, 2.45) is 0 Å². The first-order chi connectivity index (χ1) is 46.7. The Morgan fingerprint density at radius 2 is 0.596 bits per heavy atom. The van der Waals surface area contributed by atoms with Crippen LogP contribution in [0.5, 0.6) is 0 Å². The summed E-state index contributed by atoms with van der Waals surface area (Å²) in [5, 5.41) is 231. The molecule has 0 spiro atoms. The fraction of sp³-hybridized carbons (Fsp3) is 0.929. The second kappa shape index (κ2) is 35.0. The molecule has 8 aliphatic heterocycles. The summed E-state index contributed by atoms with van der Waals surface area (Å²) in [5.74, 6) is -3.43. The van der Waals surface area contributed by atoms with Gasteiger partial charge in [0.25, 0.3) is 0 Å². The summed E-state index contributed by atoms with van der Waals surface area (Å²) in [6, 6.07) is -7.14. The van der Waals surface area contributed by atoms with Crippen molar-refractivity contribution in [2.75, 3.05) is 39.6 Å². The first-order valence-electron chi connectivity index (χ1n) is 31.8. The summed E-state index contributed by atoms with van der Waals surface area (Å²) < 4.78 is 90.0. The van der Waals surface area contributed by atoms with E-state index in [-0.39, 0.29) is 0 Å². The minimum Gasteiger partial charge on any atom is -0.394 e. The Morgan fingerprint density at radius 1 is 0.283 bits per heavy atom. The van der Waals surface area contributed by atoms with Gasteiger partial charge in [0.15, 0.2) is 50.3 Å². The Labute approximate surface area is 562 Å². The SMILES string of the molecule is CC(=O)N[C@@H]1[C@@H](O[C@@H]2O[C@H](CO)[C@H](O)[C@H](O[C@H]3O[C@H](CO)[C@H](O)[C@H](O)[C@H]3NC(C)=O)[C@H]2O[C@@H]2O[C@@H](C)[C@@H](O)[C@@H](O)[C@H]2O)[C@@H](O)[C@@H](CO[C@@H]2O[C@H](CO)[C@@H](O[C@@H]3O[C@H](CO)[C@H](O)[C@H](O[C@H]4O[C@H](CO)[C@H](O)[C@H](O)[C@H]4NC(C)=O)[C@H]3O[C@@H]3O[C@@H](C)[C@@H](O)[C@@H](O)[C@@H]3O)[C@H](O)[C@H]2NC(C)=O)O[C@@H]1O. The number of amides is 4. The van der Waals surface area contributed by atoms with Crippen LogP contribution in [0.3, 0.4) is 0 Å². The third-order valence-electron chi connectivity index (χ3n) is 18.2. The number of aliphatic hydroxyl groups excluding tert-OH is 20. The van der Waals surface area contributed by atoms with Crippen molar-refractivity contribution < 1.29 is 192 Å². The zero-order valence-corrected chi connectivity index (χ0v) is 54.0. The molecule has 4 amide bonds. The third kappa shape index (κ3) is 18.1. The van der Waals surface area contributed by atoms with Crippen LogP contribution in [0, 0.1) is 0 Å². The number of carbonyl (C=O) groups is 4. The van der Waals surface area contributed by atoms with E-state index >= 15 is 0 Å². The smallest absolute Gasteiger partial charge is 0.217 e. The van der Waals surface area contributed by atoms with E-state index in [1.54, 1.807) is 0 Å². The van der Waals surface area contributed by atoms with Gasteiger partial charge in [-0.1, -0.05) is 0 Å². The summed E-state index contributed by atoms with van der Waals surface area (Å²) in [6.45, 7) is 0.296. The van der Waals surface area contributed by atoms with Crippen LogP contribution in [0.4, 0.5) is 0 Å². The highest BCUT2D eigenvalue weighted by atomic mass is 16.8. The van der Waals surface area contributed by atoms with Crippen LogP contribution in [0.1, 0.15) is 41.5 Å². The Hall–Kier alpha value is -3.52. The quantitative estimate of drug-likeness (QED) is 0.0427. The van der Waals surface area contributed by atoms with Crippen molar-refractivity contribution in [3.8, 4) is 0 Å². The number of ether oxygens (including phenoxy) is 15. The van der Waals surface area contributed by atoms with Gasteiger partial charge in [-0.05, 0) is 13.8 Å². The van der Waals surface area contributed by atoms with E-state index in [4.69, 9.17) is 71.1 Å². The number of carbonyl (C=O) groups excluding carboxylic acids is 4. The lowest BCUT2D eigenvalue weighted by atomic mass is 9.94. The lowest BCUT2D eigenvalue weighted by molar-refractivity contribution is -0.400. The van der Waals surface area contributed by atoms with E-state index in [9.17, 15) is 121 Å². The molecular weight excluding hydrogens is 1350 g/mol. The molecule has 8 saturated heterocycles. The summed E-state index contributed by atoms with van der Waals surface area (Å²) in [7, 11) is 0. The van der Waals surface area contributed by atoms with Crippen LogP contribution in [0.2, 0.25) is 0 Å². The van der Waals surface area contributed by atoms with Crippen LogP contribution >= 0.6 is 0 Å². The molecule has 572 valence electrons. The standard InChI is InChI=1S/C56H94N4O39/c1-13-29(70)39(80)41(82)53(86-13)98-47-45(96-51-25(57-15(3)66)36(77)31(72)19(7-61)89-51)33(74)21(9-63)91-55(47)94-43-23(11-65)93-50(27(38(43)79)59-17(5)68)85-12-24-35(76)44(28(49(84)88-24)60-18(6)69)95-56-48(99-54-42(83)40(81)30(71)14(2)87-54)46(34(75)22(10-64)92-56)97-52-26(58-16(4)67)37(78)32(73)20(8-62)90-52/h13-14,19-56,61-65,70-84H,7-12H2,1-6H3,(H,57,66)(H,58,67)(H,59,68)(H,60,69)/t13-,14-,19+,20+,21+,22+,23+,24+,25+,26+,27+,28+,29+,30+,31-,32-,33-,34-,35-,36+,37+,38+,39+,40+,41-,42+,43+,44+,45-,46-,47+,48+,49-,50+,51+,52+,53-,54-,55-,56-/m0/s1. The molecule has 0 bridgehead atoms. The van der Waals surface area contributed by atoms with Crippen LogP contribution < -0.4 is 21.3 Å². The maximum atomic E-state index is 13.0. The molecule has 0 aromatic carbocycles. The van der Waals surface area contributed by atoms with E-state index in [1.165, 1.54) is 13.8 Å². The van der Waals surface area contributed by atoms with Crippen LogP contribution in [-0.4, -0.2) is 411 Å². The monoisotopic (exact) mass is 1450 g/mol. The first kappa shape index (κ1) is 81.2. The van der Waals surface area contributed by atoms with Crippen LogP contribution in [-0.2, 0) is 90.2 Å². The van der Waals surface area contributed by atoms with E-state index in [1.807, 2.05) is 0 Å². The minimum atomic E-state index is -2.24. The highest BCUT2D eigenvalue weighted by Gasteiger charge is 2.60. The summed E-state index contributed by atoms with van der Waals surface area (Å²) in [4.78, 5) is 50.8. The second-order valence-corrected chi connectivity index (χ2v) is 25.3. The van der Waals surface area contributed by atoms with E-state index < -0.39 is 309 Å². The van der Waals surface area contributed by atoms with Gasteiger partial charge in [0.05, 0.1) is 51.8 Å². The van der Waals surface area contributed by atoms with Gasteiger partial charge in [0.1, 0.15) is 183 Å². The average molecular weight is 1450 g/mol. The maximum absolute atomic E-state index is 13.0. The van der Waals surface area contributed by atoms with Gasteiger partial charge < -0.3 is 194 Å².